The number of benzene rings is 2. The van der Waals surface area contributed by atoms with Crippen molar-refractivity contribution in [3.05, 3.63) is 66.0 Å². The van der Waals surface area contributed by atoms with Crippen LogP contribution in [-0.2, 0) is 16.6 Å². The summed E-state index contributed by atoms with van der Waals surface area (Å²) in [4.78, 5) is 12.5. The smallest absolute Gasteiger partial charge is 0.268 e. The number of aromatic nitrogens is 4. The number of hydrogen-bond donors (Lipinski definition) is 0. The van der Waals surface area contributed by atoms with E-state index in [1.165, 1.54) is 16.8 Å². The largest absolute Gasteiger partial charge is 0.269 e. The van der Waals surface area contributed by atoms with Gasteiger partial charge < -0.3 is 0 Å². The third-order valence-corrected chi connectivity index (χ3v) is 5.52. The lowest BCUT2D eigenvalue weighted by atomic mass is 10.2. The number of carbonyl (C=O) groups is 1. The Bertz CT molecular complexity index is 1030. The highest BCUT2D eigenvalue weighted by Crippen LogP contribution is 2.31. The number of hydrogen-bond acceptors (Lipinski definition) is 6. The van der Waals surface area contributed by atoms with Gasteiger partial charge in [-0.05, 0) is 34.7 Å². The summed E-state index contributed by atoms with van der Waals surface area (Å²) < 4.78 is 27.4. The lowest BCUT2D eigenvalue weighted by Gasteiger charge is -2.14. The normalized spacial score (nSPS) is 15.5. The zero-order chi connectivity index (χ0) is 16.7. The van der Waals surface area contributed by atoms with Crippen LogP contribution in [0.25, 0.3) is 5.69 Å². The van der Waals surface area contributed by atoms with E-state index in [1.54, 1.807) is 24.3 Å². The fourth-order valence-electron chi connectivity index (χ4n) is 2.59. The van der Waals surface area contributed by atoms with E-state index in [4.69, 9.17) is 0 Å². The van der Waals surface area contributed by atoms with Gasteiger partial charge in [-0.2, -0.15) is 4.68 Å². The molecule has 4 rings (SSSR count). The van der Waals surface area contributed by atoms with Gasteiger partial charge in [0, 0.05) is 0 Å². The van der Waals surface area contributed by atoms with Crippen molar-refractivity contribution in [2.45, 2.75) is 11.4 Å². The van der Waals surface area contributed by atoms with Gasteiger partial charge in [0.15, 0.2) is 5.82 Å². The van der Waals surface area contributed by atoms with Crippen LogP contribution in [0.3, 0.4) is 0 Å². The molecule has 24 heavy (non-hydrogen) atoms. The van der Waals surface area contributed by atoms with Crippen molar-refractivity contribution in [3.8, 4) is 5.69 Å². The van der Waals surface area contributed by atoms with Gasteiger partial charge in [-0.15, -0.1) is 5.10 Å². The van der Waals surface area contributed by atoms with E-state index in [0.717, 1.165) is 4.31 Å². The molecule has 0 unspecified atom stereocenters. The average Bonchev–Trinajstić information content (AvgIpc) is 3.14. The molecule has 1 aliphatic rings. The Morgan fingerprint density at radius 3 is 2.42 bits per heavy atom. The average molecular weight is 341 g/mol. The molecule has 9 heteroatoms. The lowest BCUT2D eigenvalue weighted by molar-refractivity contribution is 0.0862. The summed E-state index contributed by atoms with van der Waals surface area (Å²) in [7, 11) is -3.90. The predicted octanol–water partition coefficient (Wildman–Crippen LogP) is 1.01. The number of tetrazole rings is 1. The Hall–Kier alpha value is -3.07. The van der Waals surface area contributed by atoms with Gasteiger partial charge in [0.25, 0.3) is 15.9 Å². The van der Waals surface area contributed by atoms with E-state index in [2.05, 4.69) is 15.5 Å². The summed E-state index contributed by atoms with van der Waals surface area (Å²) in [5.41, 5.74) is 0.843. The summed E-state index contributed by atoms with van der Waals surface area (Å²) in [5, 5.41) is 11.3. The first-order valence-electron chi connectivity index (χ1n) is 7.08. The zero-order valence-corrected chi connectivity index (χ0v) is 13.1. The first kappa shape index (κ1) is 14.5. The summed E-state index contributed by atoms with van der Waals surface area (Å²) in [5.74, 6) is -0.320. The van der Waals surface area contributed by atoms with Crippen molar-refractivity contribution in [1.82, 2.24) is 24.5 Å². The Kier molecular flexibility index (Phi) is 3.17. The van der Waals surface area contributed by atoms with Gasteiger partial charge in [0.2, 0.25) is 0 Å². The summed E-state index contributed by atoms with van der Waals surface area (Å²) in [6.07, 6.45) is 0. The van der Waals surface area contributed by atoms with Crippen molar-refractivity contribution in [1.29, 1.82) is 0 Å². The standard InChI is InChI=1S/C15H11N5O3S/c21-15-12-8-4-5-9-13(12)24(22,23)19(15)10-14-16-17-18-20(14)11-6-2-1-3-7-11/h1-9H,10H2. The number of carbonyl (C=O) groups excluding carboxylic acids is 1. The molecule has 2 heterocycles. The molecule has 0 spiro atoms. The van der Waals surface area contributed by atoms with Gasteiger partial charge in [-0.3, -0.25) is 4.79 Å². The molecule has 0 bridgehead atoms. The molecule has 120 valence electrons. The summed E-state index contributed by atoms with van der Waals surface area (Å²) in [6.45, 7) is -0.238. The van der Waals surface area contributed by atoms with Crippen molar-refractivity contribution in [3.63, 3.8) is 0 Å². The molecule has 0 radical (unpaired) electrons. The van der Waals surface area contributed by atoms with Crippen LogP contribution in [0.2, 0.25) is 0 Å². The number of sulfonamides is 1. The minimum absolute atomic E-state index is 0.00809. The molecule has 1 aliphatic heterocycles. The van der Waals surface area contributed by atoms with Gasteiger partial charge >= 0.3 is 0 Å². The SMILES string of the molecule is O=C1c2ccccc2S(=O)(=O)N1Cc1nnnn1-c1ccccc1. The molecular formula is C15H11N5O3S. The number of amides is 1. The second-order valence-electron chi connectivity index (χ2n) is 5.16. The minimum Gasteiger partial charge on any atom is -0.268 e. The highest BCUT2D eigenvalue weighted by Gasteiger charge is 2.41. The van der Waals surface area contributed by atoms with Crippen molar-refractivity contribution in [2.24, 2.45) is 0 Å². The number of fused-ring (bicyclic) bond motifs is 1. The second-order valence-corrected chi connectivity index (χ2v) is 6.99. The van der Waals surface area contributed by atoms with Crippen molar-refractivity contribution in [2.75, 3.05) is 0 Å². The van der Waals surface area contributed by atoms with Crippen LogP contribution in [0, 0.1) is 0 Å². The molecule has 0 atom stereocenters. The van der Waals surface area contributed by atoms with E-state index in [1.807, 2.05) is 18.2 Å². The van der Waals surface area contributed by atoms with Crippen LogP contribution in [0.1, 0.15) is 16.2 Å². The number of para-hydroxylation sites is 1. The molecule has 1 aromatic heterocycles. The van der Waals surface area contributed by atoms with Crippen molar-refractivity contribution < 1.29 is 13.2 Å². The second kappa shape index (κ2) is 5.24. The quantitative estimate of drug-likeness (QED) is 0.705. The Balaban J connectivity index is 1.74. The summed E-state index contributed by atoms with van der Waals surface area (Å²) >= 11 is 0. The van der Waals surface area contributed by atoms with Crippen LogP contribution >= 0.6 is 0 Å². The van der Waals surface area contributed by atoms with E-state index in [9.17, 15) is 13.2 Å². The van der Waals surface area contributed by atoms with Crippen LogP contribution in [-0.4, -0.2) is 38.8 Å². The Morgan fingerprint density at radius 1 is 0.958 bits per heavy atom. The van der Waals surface area contributed by atoms with Gasteiger partial charge in [-0.25, -0.2) is 12.7 Å². The summed E-state index contributed by atoms with van der Waals surface area (Å²) in [6, 6.07) is 15.2. The maximum absolute atomic E-state index is 12.6. The Morgan fingerprint density at radius 2 is 1.67 bits per heavy atom. The molecule has 0 fully saturated rings. The number of nitrogens with zero attached hydrogens (tertiary/aromatic N) is 5. The molecule has 0 saturated carbocycles. The Labute approximate surface area is 137 Å². The predicted molar refractivity (Wildman–Crippen MR) is 82.7 cm³/mol. The molecule has 2 aromatic carbocycles. The van der Waals surface area contributed by atoms with Crippen LogP contribution in [0.15, 0.2) is 59.5 Å². The molecule has 0 N–H and O–H groups in total. The minimum atomic E-state index is -3.90. The third kappa shape index (κ3) is 2.09. The van der Waals surface area contributed by atoms with Crippen molar-refractivity contribution >= 4 is 15.9 Å². The first-order chi connectivity index (χ1) is 11.6. The van der Waals surface area contributed by atoms with Gasteiger partial charge in [-0.1, -0.05) is 30.3 Å². The zero-order valence-electron chi connectivity index (χ0n) is 12.3. The van der Waals surface area contributed by atoms with E-state index in [-0.39, 0.29) is 22.8 Å². The number of rotatable bonds is 3. The van der Waals surface area contributed by atoms with Gasteiger partial charge in [0.1, 0.15) is 4.90 Å². The molecule has 3 aromatic rings. The van der Waals surface area contributed by atoms with Crippen LogP contribution in [0.5, 0.6) is 0 Å². The fraction of sp³-hybridized carbons (Fsp3) is 0.0667. The monoisotopic (exact) mass is 341 g/mol. The molecule has 0 saturated heterocycles. The van der Waals surface area contributed by atoms with Gasteiger partial charge in [0.05, 0.1) is 17.8 Å². The van der Waals surface area contributed by atoms with E-state index in [0.29, 0.717) is 5.69 Å². The maximum atomic E-state index is 12.6. The van der Waals surface area contributed by atoms with E-state index >= 15 is 0 Å². The third-order valence-electron chi connectivity index (χ3n) is 3.73. The van der Waals surface area contributed by atoms with Crippen LogP contribution in [0.4, 0.5) is 0 Å². The highest BCUT2D eigenvalue weighted by atomic mass is 32.2. The first-order valence-corrected chi connectivity index (χ1v) is 8.52. The molecular weight excluding hydrogens is 330 g/mol. The fourth-order valence-corrected chi connectivity index (χ4v) is 4.11. The topological polar surface area (TPSA) is 98.1 Å². The maximum Gasteiger partial charge on any atom is 0.269 e. The highest BCUT2D eigenvalue weighted by molar-refractivity contribution is 7.90. The van der Waals surface area contributed by atoms with Crippen LogP contribution < -0.4 is 0 Å². The lowest BCUT2D eigenvalue weighted by Crippen LogP contribution is -2.30. The molecule has 1 amide bonds. The molecule has 0 aliphatic carbocycles. The van der Waals surface area contributed by atoms with E-state index < -0.39 is 15.9 Å². The molecule has 8 nitrogen and oxygen atoms in total.